The first-order valence-corrected chi connectivity index (χ1v) is 45.7. The molecule has 0 spiro atoms. The largest absolute Gasteiger partial charge is 0.507 e. The first-order chi connectivity index (χ1) is 53.7. The predicted molar refractivity (Wildman–Crippen MR) is 471 cm³/mol. The third kappa shape index (κ3) is 35.7. The zero-order chi connectivity index (χ0) is 85.0. The fourth-order valence-corrected chi connectivity index (χ4v) is 17.4. The molecule has 3 aromatic carbocycles. The Labute approximate surface area is 696 Å². The van der Waals surface area contributed by atoms with Gasteiger partial charge in [-0.25, -0.2) is 0 Å². The first kappa shape index (κ1) is 101. The summed E-state index contributed by atoms with van der Waals surface area (Å²) >= 11 is 0. The molecule has 0 aliphatic carbocycles. The summed E-state index contributed by atoms with van der Waals surface area (Å²) in [5, 5.41) is 19.2. The van der Waals surface area contributed by atoms with E-state index in [1.165, 1.54) is 160 Å². The van der Waals surface area contributed by atoms with Gasteiger partial charge in [0.15, 0.2) is 0 Å². The zero-order valence-corrected chi connectivity index (χ0v) is 77.5. The lowest BCUT2D eigenvalue weighted by Crippen LogP contribution is -2.37. The van der Waals surface area contributed by atoms with Crippen LogP contribution in [0.15, 0.2) is 0 Å². The van der Waals surface area contributed by atoms with Gasteiger partial charge in [0.2, 0.25) is 0 Å². The summed E-state index contributed by atoms with van der Waals surface area (Å²) in [5.41, 5.74) is 11.8. The van der Waals surface area contributed by atoms with Crippen molar-refractivity contribution in [1.82, 2.24) is 0 Å². The van der Waals surface area contributed by atoms with Crippen LogP contribution in [0.4, 0.5) is 0 Å². The number of ether oxygens (including phenoxy) is 8. The summed E-state index contributed by atoms with van der Waals surface area (Å²) < 4.78 is 46.8. The molecule has 0 radical (unpaired) electrons. The van der Waals surface area contributed by atoms with Gasteiger partial charge in [0, 0.05) is 23.8 Å². The second kappa shape index (κ2) is 51.2. The van der Waals surface area contributed by atoms with E-state index >= 15 is 0 Å². The summed E-state index contributed by atoms with van der Waals surface area (Å²) in [4.78, 5) is 47.7. The molecule has 0 amide bonds. The summed E-state index contributed by atoms with van der Waals surface area (Å²) in [6.07, 6.45) is 40.5. The molecule has 3 heterocycles. The number of carbonyl (C=O) groups is 4. The van der Waals surface area contributed by atoms with E-state index in [4.69, 9.17) is 43.0 Å². The first-order valence-electron chi connectivity index (χ1n) is 45.7. The van der Waals surface area contributed by atoms with Crippen LogP contribution in [-0.4, -0.2) is 84.4 Å². The molecule has 14 nitrogen and oxygen atoms in total. The van der Waals surface area contributed by atoms with Gasteiger partial charge in [0.25, 0.3) is 0 Å². The van der Waals surface area contributed by atoms with Crippen LogP contribution < -0.4 is 23.7 Å². The number of hydrogen-bond acceptors (Lipinski definition) is 13. The molecule has 0 aromatic heterocycles. The van der Waals surface area contributed by atoms with Crippen LogP contribution in [0.1, 0.15) is 389 Å². The van der Waals surface area contributed by atoms with Gasteiger partial charge in [-0.15, -0.1) is 0 Å². The van der Waals surface area contributed by atoms with Crippen molar-refractivity contribution in [2.24, 2.45) is 53.3 Å². The molecule has 3 aliphatic rings. The van der Waals surface area contributed by atoms with E-state index in [9.17, 15) is 24.3 Å². The minimum Gasteiger partial charge on any atom is -0.507 e. The molecule has 0 saturated heterocycles. The normalized spacial score (nSPS) is 18.6. The van der Waals surface area contributed by atoms with Gasteiger partial charge >= 0.3 is 23.9 Å². The lowest BCUT2D eigenvalue weighted by atomic mass is 9.83. The van der Waals surface area contributed by atoms with Gasteiger partial charge in [-0.2, -0.15) is 0 Å². The number of esters is 3. The lowest BCUT2D eigenvalue weighted by molar-refractivity contribution is -0.148. The van der Waals surface area contributed by atoms with Crippen molar-refractivity contribution < 1.29 is 67.3 Å². The Morgan fingerprint density at radius 2 is 0.632 bits per heavy atom. The summed E-state index contributed by atoms with van der Waals surface area (Å²) in [6, 6.07) is 0. The third-order valence-electron chi connectivity index (χ3n) is 26.0. The zero-order valence-electron chi connectivity index (χ0n) is 77.5. The molecule has 3 aliphatic heterocycles. The number of hydrogen-bond donors (Lipinski definition) is 2. The van der Waals surface area contributed by atoms with Crippen molar-refractivity contribution in [3.8, 4) is 34.5 Å². The molecule has 0 fully saturated rings. The van der Waals surface area contributed by atoms with Crippen LogP contribution in [-0.2, 0) is 52.7 Å². The molecule has 3 aromatic rings. The van der Waals surface area contributed by atoms with Crippen molar-refractivity contribution in [1.29, 1.82) is 0 Å². The Bertz CT molecular complexity index is 3380. The number of aliphatic carboxylic acids is 1. The molecule has 9 unspecified atom stereocenters. The standard InChI is InChI=1S/C38H64O7.C33H54O5.C29H50O2/c1-27(2)13-10-14-28(3)15-11-16-29(4)17-12-21-38(8)22-20-33-32(7)36(30(5)31(6)37(33)45-38)44-35(40)19-18-34(39)43-26-25-42-24-23-41-9;1-22(2)12-9-13-23(3)14-10-15-24(4)16-11-20-33(8)21-19-28-27(7)31(25(5)26(6)32(28)38-33)37-30(36)18-17-29(34)35;1-20(2)12-9-13-21(3)14-10-15-22(4)16-11-18-29(8)19-17-26-25(7)27(30)23(5)24(6)28(26)31-29/h27-29H,10-26H2,1-9H3;22-24H,9-21H2,1-8H3,(H,34,35);20-22,30H,9-19H2,1-8H3. The summed E-state index contributed by atoms with van der Waals surface area (Å²) in [7, 11) is 1.60. The Morgan fingerprint density at radius 3 is 0.947 bits per heavy atom. The van der Waals surface area contributed by atoms with E-state index in [0.29, 0.717) is 37.1 Å². The number of phenolic OH excluding ortho intramolecular Hbond substituents is 1. The van der Waals surface area contributed by atoms with Crippen molar-refractivity contribution in [3.05, 3.63) is 66.8 Å². The van der Waals surface area contributed by atoms with Crippen LogP contribution in [0.2, 0.25) is 0 Å². The SMILES string of the molecule is COCCOCCOC(=O)CCC(=O)Oc1c(C)c(C)c2c(c1C)CCC(C)(CCCC(C)CCCC(C)CCCC(C)C)O2.Cc1c(C)c2c(c(C)c1O)CCC(C)(CCCC(C)CCCC(C)CCCC(C)C)O2.Cc1c(C)c2c(c(C)c1OC(=O)CCC(=O)O)CCC(C)(CCCC(C)CCCC(C)CCCC(C)C)O2. The van der Waals surface area contributed by atoms with Crippen molar-refractivity contribution in [3.63, 3.8) is 0 Å². The van der Waals surface area contributed by atoms with Gasteiger partial charge in [0.05, 0.1) is 45.5 Å². The van der Waals surface area contributed by atoms with Gasteiger partial charge < -0.3 is 48.1 Å². The van der Waals surface area contributed by atoms with Crippen molar-refractivity contribution >= 4 is 23.9 Å². The number of carboxylic acids is 1. The minimum atomic E-state index is -0.999. The number of carbonyl (C=O) groups excluding carboxylic acids is 3. The number of benzene rings is 3. The fourth-order valence-electron chi connectivity index (χ4n) is 17.4. The second-order valence-corrected chi connectivity index (χ2v) is 38.5. The van der Waals surface area contributed by atoms with E-state index < -0.39 is 23.9 Å². The fraction of sp³-hybridized carbons (Fsp3) is 0.780. The van der Waals surface area contributed by atoms with Crippen LogP contribution >= 0.6 is 0 Å². The maximum atomic E-state index is 12.7. The van der Waals surface area contributed by atoms with E-state index in [2.05, 4.69) is 118 Å². The summed E-state index contributed by atoms with van der Waals surface area (Å²) in [5.74, 6) is 9.53. The van der Waals surface area contributed by atoms with Gasteiger partial charge in [-0.05, 0) is 263 Å². The molecule has 0 bridgehead atoms. The van der Waals surface area contributed by atoms with Crippen LogP contribution in [0.25, 0.3) is 0 Å². The highest BCUT2D eigenvalue weighted by Gasteiger charge is 2.38. The van der Waals surface area contributed by atoms with E-state index in [-0.39, 0.29) is 49.1 Å². The number of phenols is 1. The van der Waals surface area contributed by atoms with Crippen LogP contribution in [0.5, 0.6) is 34.5 Å². The number of aromatic hydroxyl groups is 1. The third-order valence-corrected chi connectivity index (χ3v) is 26.0. The van der Waals surface area contributed by atoms with Crippen LogP contribution in [0, 0.1) is 116 Å². The van der Waals surface area contributed by atoms with Gasteiger partial charge in [-0.1, -0.05) is 218 Å². The van der Waals surface area contributed by atoms with Gasteiger partial charge in [-0.3, -0.25) is 19.2 Å². The van der Waals surface area contributed by atoms with E-state index in [1.54, 1.807) is 7.11 Å². The molecule has 2 N–H and O–H groups in total. The average Bonchev–Trinajstić information content (AvgIpc) is 0.774. The number of carboxylic acid groups (broad SMARTS) is 1. The molecule has 652 valence electrons. The molecular formula is C100H168O14. The van der Waals surface area contributed by atoms with Crippen molar-refractivity contribution in [2.75, 3.05) is 33.5 Å². The quantitative estimate of drug-likeness (QED) is 0.0309. The second-order valence-electron chi connectivity index (χ2n) is 38.5. The topological polar surface area (TPSA) is 183 Å². The van der Waals surface area contributed by atoms with Crippen LogP contribution in [0.3, 0.4) is 0 Å². The molecule has 6 rings (SSSR count). The molecule has 114 heavy (non-hydrogen) atoms. The van der Waals surface area contributed by atoms with E-state index in [0.717, 1.165) is 189 Å². The molecule has 9 atom stereocenters. The van der Waals surface area contributed by atoms with Crippen molar-refractivity contribution in [2.45, 2.75) is 421 Å². The Hall–Kier alpha value is -5.34. The highest BCUT2D eigenvalue weighted by molar-refractivity contribution is 5.80. The number of methoxy groups -OCH3 is 1. The molecule has 14 heteroatoms. The number of rotatable bonds is 50. The predicted octanol–water partition coefficient (Wildman–Crippen LogP) is 26.8. The van der Waals surface area contributed by atoms with E-state index in [1.807, 2.05) is 48.5 Å². The molecule has 0 saturated carbocycles. The Balaban J connectivity index is 0.000000366. The summed E-state index contributed by atoms with van der Waals surface area (Å²) in [6.45, 7) is 54.7. The number of fused-ring (bicyclic) bond motifs is 3. The molecular weight excluding hydrogens is 1430 g/mol. The monoisotopic (exact) mass is 1590 g/mol. The minimum absolute atomic E-state index is 0.0312. The Morgan fingerprint density at radius 1 is 0.351 bits per heavy atom. The highest BCUT2D eigenvalue weighted by Crippen LogP contribution is 2.49. The lowest BCUT2D eigenvalue weighted by Gasteiger charge is -2.38. The Kier molecular flexibility index (Phi) is 45.4. The maximum absolute atomic E-state index is 12.7. The maximum Gasteiger partial charge on any atom is 0.311 e. The smallest absolute Gasteiger partial charge is 0.311 e. The van der Waals surface area contributed by atoms with Gasteiger partial charge in [0.1, 0.15) is 57.9 Å². The highest BCUT2D eigenvalue weighted by atomic mass is 16.6. The average molecular weight is 1590 g/mol.